The van der Waals surface area contributed by atoms with Crippen LogP contribution in [-0.2, 0) is 24.1 Å². The van der Waals surface area contributed by atoms with E-state index in [1.54, 1.807) is 0 Å². The van der Waals surface area contributed by atoms with Crippen LogP contribution in [-0.4, -0.2) is 44.0 Å². The van der Waals surface area contributed by atoms with Crippen molar-refractivity contribution in [2.45, 2.75) is 19.3 Å². The number of aromatic amines is 1. The van der Waals surface area contributed by atoms with Gasteiger partial charge in [-0.1, -0.05) is 12.1 Å². The van der Waals surface area contributed by atoms with Gasteiger partial charge in [-0.3, -0.25) is 9.59 Å². The van der Waals surface area contributed by atoms with Crippen LogP contribution in [0.4, 0.5) is 5.69 Å². The fourth-order valence-electron chi connectivity index (χ4n) is 3.93. The fourth-order valence-corrected chi connectivity index (χ4v) is 3.93. The van der Waals surface area contributed by atoms with Crippen LogP contribution in [0.15, 0.2) is 42.6 Å². The van der Waals surface area contributed by atoms with E-state index in [9.17, 15) is 9.59 Å². The first-order valence-corrected chi connectivity index (χ1v) is 9.96. The molecule has 6 heteroatoms. The van der Waals surface area contributed by atoms with Gasteiger partial charge in [-0.25, -0.2) is 0 Å². The van der Waals surface area contributed by atoms with E-state index in [2.05, 4.69) is 15.6 Å². The zero-order valence-electron chi connectivity index (χ0n) is 16.8. The summed E-state index contributed by atoms with van der Waals surface area (Å²) >= 11 is 0. The van der Waals surface area contributed by atoms with E-state index in [0.29, 0.717) is 19.5 Å². The lowest BCUT2D eigenvalue weighted by Gasteiger charge is -2.18. The molecule has 2 aromatic carbocycles. The van der Waals surface area contributed by atoms with Crippen LogP contribution in [0, 0.1) is 0 Å². The molecule has 3 N–H and O–H groups in total. The number of carbonyl (C=O) groups excluding carboxylic acids is 2. The molecule has 29 heavy (non-hydrogen) atoms. The molecule has 0 unspecified atom stereocenters. The highest BCUT2D eigenvalue weighted by Gasteiger charge is 2.20. The highest BCUT2D eigenvalue weighted by molar-refractivity contribution is 6.02. The zero-order valence-corrected chi connectivity index (χ0v) is 16.8. The highest BCUT2D eigenvalue weighted by Crippen LogP contribution is 2.28. The Morgan fingerprint density at radius 2 is 1.93 bits per heavy atom. The molecule has 0 fully saturated rings. The molecule has 150 valence electrons. The van der Waals surface area contributed by atoms with Gasteiger partial charge in [-0.05, 0) is 53.8 Å². The van der Waals surface area contributed by atoms with Gasteiger partial charge in [0.1, 0.15) is 0 Å². The van der Waals surface area contributed by atoms with Gasteiger partial charge in [0, 0.05) is 55.5 Å². The van der Waals surface area contributed by atoms with Crippen molar-refractivity contribution >= 4 is 28.4 Å². The van der Waals surface area contributed by atoms with Gasteiger partial charge in [0.2, 0.25) is 5.91 Å². The van der Waals surface area contributed by atoms with E-state index in [1.807, 2.05) is 61.6 Å². The van der Waals surface area contributed by atoms with E-state index in [0.717, 1.165) is 51.7 Å². The van der Waals surface area contributed by atoms with Crippen LogP contribution >= 0.6 is 0 Å². The minimum Gasteiger partial charge on any atom is -0.378 e. The van der Waals surface area contributed by atoms with Crippen LogP contribution in [0.2, 0.25) is 0 Å². The summed E-state index contributed by atoms with van der Waals surface area (Å²) in [6.45, 7) is 1.23. The monoisotopic (exact) mass is 390 g/mol. The van der Waals surface area contributed by atoms with E-state index in [-0.39, 0.29) is 11.8 Å². The summed E-state index contributed by atoms with van der Waals surface area (Å²) in [5, 5.41) is 7.04. The van der Waals surface area contributed by atoms with Crippen LogP contribution in [0.5, 0.6) is 0 Å². The molecule has 0 saturated carbocycles. The molecule has 6 nitrogen and oxygen atoms in total. The van der Waals surface area contributed by atoms with Gasteiger partial charge in [0.05, 0.1) is 6.42 Å². The third-order valence-electron chi connectivity index (χ3n) is 5.48. The van der Waals surface area contributed by atoms with Crippen molar-refractivity contribution in [3.63, 3.8) is 0 Å². The summed E-state index contributed by atoms with van der Waals surface area (Å²) < 4.78 is 0. The van der Waals surface area contributed by atoms with Gasteiger partial charge in [-0.2, -0.15) is 0 Å². The molecular formula is C23H26N4O2. The maximum atomic E-state index is 12.3. The second kappa shape index (κ2) is 7.99. The summed E-state index contributed by atoms with van der Waals surface area (Å²) in [6.07, 6.45) is 3.92. The average molecular weight is 390 g/mol. The number of hydrogen-bond donors (Lipinski definition) is 3. The van der Waals surface area contributed by atoms with Gasteiger partial charge in [0.25, 0.3) is 5.91 Å². The Bertz CT molecular complexity index is 1050. The molecular weight excluding hydrogens is 364 g/mol. The number of rotatable bonds is 6. The third kappa shape index (κ3) is 3.97. The molecule has 0 radical (unpaired) electrons. The molecule has 0 atom stereocenters. The van der Waals surface area contributed by atoms with Gasteiger partial charge < -0.3 is 20.5 Å². The zero-order chi connectivity index (χ0) is 20.4. The summed E-state index contributed by atoms with van der Waals surface area (Å²) in [7, 11) is 3.99. The molecule has 0 bridgehead atoms. The van der Waals surface area contributed by atoms with Gasteiger partial charge in [0.15, 0.2) is 0 Å². The number of aromatic nitrogens is 1. The number of carbonyl (C=O) groups is 2. The molecule has 0 spiro atoms. The number of nitrogens with zero attached hydrogens (tertiary/aromatic N) is 1. The van der Waals surface area contributed by atoms with Crippen LogP contribution in [0.3, 0.4) is 0 Å². The molecule has 0 saturated heterocycles. The first kappa shape index (κ1) is 19.1. The summed E-state index contributed by atoms with van der Waals surface area (Å²) in [5.41, 5.74) is 6.17. The Hall–Kier alpha value is -3.28. The topological polar surface area (TPSA) is 77.2 Å². The van der Waals surface area contributed by atoms with Crippen molar-refractivity contribution < 1.29 is 9.59 Å². The standard InChI is InChI=1S/C23H26N4O2/c1-27(2)17-5-3-15(4-6-17)13-21(28)24-11-9-16-14-26-20-8-7-19-18(22(16)20)10-12-25-23(19)29/h3-8,14,26H,9-13H2,1-2H3,(H,24,28)(H,25,29). The molecule has 1 aromatic heterocycles. The van der Waals surface area contributed by atoms with Crippen LogP contribution in [0.1, 0.15) is 27.0 Å². The number of fused-ring (bicyclic) bond motifs is 3. The predicted molar refractivity (Wildman–Crippen MR) is 116 cm³/mol. The molecule has 4 rings (SSSR count). The van der Waals surface area contributed by atoms with Crippen molar-refractivity contribution in [1.29, 1.82) is 0 Å². The highest BCUT2D eigenvalue weighted by atomic mass is 16.2. The van der Waals surface area contributed by atoms with E-state index < -0.39 is 0 Å². The fraction of sp³-hybridized carbons (Fsp3) is 0.304. The van der Waals surface area contributed by atoms with Crippen LogP contribution < -0.4 is 15.5 Å². The lowest BCUT2D eigenvalue weighted by atomic mass is 9.94. The van der Waals surface area contributed by atoms with Crippen molar-refractivity contribution in [3.8, 4) is 0 Å². The second-order valence-corrected chi connectivity index (χ2v) is 7.67. The number of benzene rings is 2. The molecule has 1 aliphatic heterocycles. The molecule has 0 aliphatic carbocycles. The molecule has 2 heterocycles. The maximum absolute atomic E-state index is 12.3. The van der Waals surface area contributed by atoms with Crippen molar-refractivity contribution in [3.05, 3.63) is 64.8 Å². The maximum Gasteiger partial charge on any atom is 0.251 e. The van der Waals surface area contributed by atoms with Crippen molar-refractivity contribution in [2.75, 3.05) is 32.1 Å². The first-order valence-electron chi connectivity index (χ1n) is 9.96. The largest absolute Gasteiger partial charge is 0.378 e. The number of hydrogen-bond acceptors (Lipinski definition) is 3. The lowest BCUT2D eigenvalue weighted by molar-refractivity contribution is -0.120. The van der Waals surface area contributed by atoms with Gasteiger partial charge in [-0.15, -0.1) is 0 Å². The smallest absolute Gasteiger partial charge is 0.251 e. The Labute approximate surface area is 170 Å². The third-order valence-corrected chi connectivity index (χ3v) is 5.48. The molecule has 1 aliphatic rings. The molecule has 2 amide bonds. The van der Waals surface area contributed by atoms with Crippen molar-refractivity contribution in [1.82, 2.24) is 15.6 Å². The van der Waals surface area contributed by atoms with E-state index >= 15 is 0 Å². The first-order chi connectivity index (χ1) is 14.0. The average Bonchev–Trinajstić information content (AvgIpc) is 3.12. The predicted octanol–water partition coefficient (Wildman–Crippen LogP) is 2.42. The SMILES string of the molecule is CN(C)c1ccc(CC(=O)NCCc2c[nH]c3ccc4c(c23)CCNC4=O)cc1. The Balaban J connectivity index is 1.39. The Morgan fingerprint density at radius 3 is 2.69 bits per heavy atom. The number of nitrogens with one attached hydrogen (secondary N) is 3. The number of amides is 2. The normalized spacial score (nSPS) is 13.1. The van der Waals surface area contributed by atoms with Crippen molar-refractivity contribution in [2.24, 2.45) is 0 Å². The van der Waals surface area contributed by atoms with Crippen LogP contribution in [0.25, 0.3) is 10.9 Å². The number of H-pyrrole nitrogens is 1. The Kier molecular flexibility index (Phi) is 5.25. The summed E-state index contributed by atoms with van der Waals surface area (Å²) in [6, 6.07) is 11.9. The van der Waals surface area contributed by atoms with E-state index in [4.69, 9.17) is 0 Å². The quantitative estimate of drug-likeness (QED) is 0.605. The lowest BCUT2D eigenvalue weighted by Crippen LogP contribution is -2.32. The van der Waals surface area contributed by atoms with E-state index in [1.165, 1.54) is 0 Å². The molecule has 3 aromatic rings. The summed E-state index contributed by atoms with van der Waals surface area (Å²) in [4.78, 5) is 29.8. The van der Waals surface area contributed by atoms with Gasteiger partial charge >= 0.3 is 0 Å². The second-order valence-electron chi connectivity index (χ2n) is 7.67. The minimum atomic E-state index is -0.00566. The Morgan fingerprint density at radius 1 is 1.14 bits per heavy atom. The minimum absolute atomic E-state index is 0.00566. The summed E-state index contributed by atoms with van der Waals surface area (Å²) in [5.74, 6) is 0.0118. The number of anilines is 1.